The quantitative estimate of drug-likeness (QED) is 0.817. The number of rotatable bonds is 4. The van der Waals surface area contributed by atoms with Gasteiger partial charge in [0.05, 0.1) is 13.0 Å². The Morgan fingerprint density at radius 3 is 3.11 bits per heavy atom. The van der Waals surface area contributed by atoms with Gasteiger partial charge >= 0.3 is 0 Å². The molecule has 0 aliphatic carbocycles. The third kappa shape index (κ3) is 3.31. The minimum absolute atomic E-state index is 0.195. The molecule has 98 valence electrons. The molecule has 1 fully saturated rings. The van der Waals surface area contributed by atoms with E-state index in [1.165, 1.54) is 5.56 Å². The number of carbonyl (C=O) groups is 1. The highest BCUT2D eigenvalue weighted by molar-refractivity contribution is 5.79. The lowest BCUT2D eigenvalue weighted by atomic mass is 10.1. The predicted octanol–water partition coefficient (Wildman–Crippen LogP) is 1.28. The summed E-state index contributed by atoms with van der Waals surface area (Å²) in [5, 5.41) is 0. The summed E-state index contributed by atoms with van der Waals surface area (Å²) in [6.07, 6.45) is 1.47. The van der Waals surface area contributed by atoms with E-state index in [1.807, 2.05) is 30.0 Å². The fourth-order valence-corrected chi connectivity index (χ4v) is 2.44. The molecule has 1 atom stereocenters. The molecule has 18 heavy (non-hydrogen) atoms. The third-order valence-corrected chi connectivity index (χ3v) is 3.41. The van der Waals surface area contributed by atoms with Crippen molar-refractivity contribution >= 4 is 5.91 Å². The standard InChI is InChI=1S/C14H20N2O2/c1-11-3-2-4-12(7-11)8-14(17)16-6-5-13(9-16)10-18-15/h2-4,7,13H,5-6,8-10,15H2,1H3. The first-order chi connectivity index (χ1) is 8.69. The molecule has 0 spiro atoms. The van der Waals surface area contributed by atoms with Gasteiger partial charge in [0.25, 0.3) is 0 Å². The van der Waals surface area contributed by atoms with Crippen LogP contribution in [-0.2, 0) is 16.1 Å². The van der Waals surface area contributed by atoms with Gasteiger partial charge in [-0.25, -0.2) is 5.90 Å². The first kappa shape index (κ1) is 13.1. The van der Waals surface area contributed by atoms with E-state index in [1.54, 1.807) is 0 Å². The number of hydrogen-bond acceptors (Lipinski definition) is 3. The smallest absolute Gasteiger partial charge is 0.227 e. The summed E-state index contributed by atoms with van der Waals surface area (Å²) in [6.45, 7) is 4.16. The van der Waals surface area contributed by atoms with Crippen molar-refractivity contribution in [2.45, 2.75) is 19.8 Å². The van der Waals surface area contributed by atoms with Gasteiger partial charge in [0.1, 0.15) is 0 Å². The number of amides is 1. The van der Waals surface area contributed by atoms with Gasteiger partial charge in [-0.05, 0) is 18.9 Å². The van der Waals surface area contributed by atoms with Gasteiger partial charge in [-0.1, -0.05) is 29.8 Å². The number of nitrogens with two attached hydrogens (primary N) is 1. The maximum Gasteiger partial charge on any atom is 0.227 e. The number of aryl methyl sites for hydroxylation is 1. The zero-order valence-corrected chi connectivity index (χ0v) is 10.8. The lowest BCUT2D eigenvalue weighted by Crippen LogP contribution is -2.30. The normalized spacial score (nSPS) is 19.2. The van der Waals surface area contributed by atoms with Gasteiger partial charge in [0.2, 0.25) is 5.91 Å². The van der Waals surface area contributed by atoms with Crippen molar-refractivity contribution in [3.8, 4) is 0 Å². The van der Waals surface area contributed by atoms with E-state index in [9.17, 15) is 4.79 Å². The molecule has 1 aliphatic heterocycles. The summed E-state index contributed by atoms with van der Waals surface area (Å²) < 4.78 is 0. The molecule has 2 rings (SSSR count). The van der Waals surface area contributed by atoms with E-state index >= 15 is 0 Å². The van der Waals surface area contributed by atoms with Crippen molar-refractivity contribution in [3.05, 3.63) is 35.4 Å². The maximum atomic E-state index is 12.1. The number of benzene rings is 1. The van der Waals surface area contributed by atoms with Crippen molar-refractivity contribution in [2.75, 3.05) is 19.7 Å². The van der Waals surface area contributed by atoms with Gasteiger partial charge in [-0.3, -0.25) is 4.79 Å². The second-order valence-electron chi connectivity index (χ2n) is 4.99. The van der Waals surface area contributed by atoms with Gasteiger partial charge in [0.15, 0.2) is 0 Å². The number of likely N-dealkylation sites (tertiary alicyclic amines) is 1. The van der Waals surface area contributed by atoms with Gasteiger partial charge in [0, 0.05) is 19.0 Å². The number of nitrogens with zero attached hydrogens (tertiary/aromatic N) is 1. The molecule has 1 heterocycles. The van der Waals surface area contributed by atoms with Crippen LogP contribution in [0.4, 0.5) is 0 Å². The minimum Gasteiger partial charge on any atom is -0.342 e. The van der Waals surface area contributed by atoms with Crippen LogP contribution >= 0.6 is 0 Å². The van der Waals surface area contributed by atoms with Crippen LogP contribution in [0, 0.1) is 12.8 Å². The molecule has 2 N–H and O–H groups in total. The summed E-state index contributed by atoms with van der Waals surface area (Å²) in [6, 6.07) is 8.10. The van der Waals surface area contributed by atoms with Crippen molar-refractivity contribution in [2.24, 2.45) is 11.8 Å². The van der Waals surface area contributed by atoms with Crippen LogP contribution in [0.3, 0.4) is 0 Å². The third-order valence-electron chi connectivity index (χ3n) is 3.41. The van der Waals surface area contributed by atoms with E-state index < -0.39 is 0 Å². The molecule has 1 unspecified atom stereocenters. The molecule has 1 amide bonds. The van der Waals surface area contributed by atoms with E-state index in [2.05, 4.69) is 10.9 Å². The molecule has 0 bridgehead atoms. The molecule has 4 nitrogen and oxygen atoms in total. The highest BCUT2D eigenvalue weighted by Crippen LogP contribution is 2.17. The fourth-order valence-electron chi connectivity index (χ4n) is 2.44. The Morgan fingerprint density at radius 2 is 2.39 bits per heavy atom. The highest BCUT2D eigenvalue weighted by Gasteiger charge is 2.26. The summed E-state index contributed by atoms with van der Waals surface area (Å²) in [7, 11) is 0. The molecule has 0 saturated carbocycles. The Labute approximate surface area is 108 Å². The van der Waals surface area contributed by atoms with Crippen molar-refractivity contribution < 1.29 is 9.63 Å². The Hall–Kier alpha value is -1.39. The van der Waals surface area contributed by atoms with Crippen LogP contribution in [0.25, 0.3) is 0 Å². The Morgan fingerprint density at radius 1 is 1.56 bits per heavy atom. The lowest BCUT2D eigenvalue weighted by Gasteiger charge is -2.16. The van der Waals surface area contributed by atoms with Crippen LogP contribution in [-0.4, -0.2) is 30.5 Å². The molecular weight excluding hydrogens is 228 g/mol. The average molecular weight is 248 g/mol. The molecule has 0 radical (unpaired) electrons. The van der Waals surface area contributed by atoms with Crippen molar-refractivity contribution in [1.82, 2.24) is 4.90 Å². The Bertz CT molecular complexity index is 420. The molecule has 1 aliphatic rings. The van der Waals surface area contributed by atoms with E-state index in [0.717, 1.165) is 25.1 Å². The number of hydrogen-bond donors (Lipinski definition) is 1. The fraction of sp³-hybridized carbons (Fsp3) is 0.500. The Balaban J connectivity index is 1.89. The van der Waals surface area contributed by atoms with Crippen LogP contribution in [0.2, 0.25) is 0 Å². The van der Waals surface area contributed by atoms with Crippen LogP contribution in [0.15, 0.2) is 24.3 Å². The minimum atomic E-state index is 0.195. The molecular formula is C14H20N2O2. The summed E-state index contributed by atoms with van der Waals surface area (Å²) in [4.78, 5) is 18.7. The summed E-state index contributed by atoms with van der Waals surface area (Å²) >= 11 is 0. The molecule has 1 aromatic rings. The molecule has 1 saturated heterocycles. The van der Waals surface area contributed by atoms with Crippen LogP contribution in [0.5, 0.6) is 0 Å². The first-order valence-corrected chi connectivity index (χ1v) is 6.34. The molecule has 4 heteroatoms. The van der Waals surface area contributed by atoms with Crippen LogP contribution < -0.4 is 5.90 Å². The first-order valence-electron chi connectivity index (χ1n) is 6.34. The summed E-state index contributed by atoms with van der Waals surface area (Å²) in [5.41, 5.74) is 2.27. The van der Waals surface area contributed by atoms with Gasteiger partial charge in [-0.15, -0.1) is 0 Å². The van der Waals surface area contributed by atoms with E-state index in [-0.39, 0.29) is 5.91 Å². The highest BCUT2D eigenvalue weighted by atomic mass is 16.6. The lowest BCUT2D eigenvalue weighted by molar-refractivity contribution is -0.129. The largest absolute Gasteiger partial charge is 0.342 e. The number of carbonyl (C=O) groups excluding carboxylic acids is 1. The maximum absolute atomic E-state index is 12.1. The second kappa shape index (κ2) is 5.98. The SMILES string of the molecule is Cc1cccc(CC(=O)N2CCC(CON)C2)c1. The van der Waals surface area contributed by atoms with E-state index in [4.69, 9.17) is 5.90 Å². The Kier molecular flexibility index (Phi) is 4.33. The second-order valence-corrected chi connectivity index (χ2v) is 4.99. The van der Waals surface area contributed by atoms with Gasteiger partial charge < -0.3 is 9.74 Å². The monoisotopic (exact) mass is 248 g/mol. The van der Waals surface area contributed by atoms with Crippen molar-refractivity contribution in [1.29, 1.82) is 0 Å². The predicted molar refractivity (Wildman–Crippen MR) is 69.7 cm³/mol. The van der Waals surface area contributed by atoms with Gasteiger partial charge in [-0.2, -0.15) is 0 Å². The molecule has 0 aromatic heterocycles. The zero-order valence-electron chi connectivity index (χ0n) is 10.8. The molecule has 1 aromatic carbocycles. The summed E-state index contributed by atoms with van der Waals surface area (Å²) in [5.74, 6) is 5.65. The topological polar surface area (TPSA) is 55.6 Å². The van der Waals surface area contributed by atoms with Crippen molar-refractivity contribution in [3.63, 3.8) is 0 Å². The van der Waals surface area contributed by atoms with Crippen LogP contribution in [0.1, 0.15) is 17.5 Å². The van der Waals surface area contributed by atoms with E-state index in [0.29, 0.717) is 18.9 Å². The zero-order chi connectivity index (χ0) is 13.0. The average Bonchev–Trinajstić information content (AvgIpc) is 2.78.